The highest BCUT2D eigenvalue weighted by Gasteiger charge is 2.35. The number of likely N-dealkylation sites (tertiary alicyclic amines) is 1. The van der Waals surface area contributed by atoms with E-state index in [9.17, 15) is 22.8 Å². The number of carbonyl (C=O) groups is 2. The average Bonchev–Trinajstić information content (AvgIpc) is 2.85. The lowest BCUT2D eigenvalue weighted by atomic mass is 10.1. The van der Waals surface area contributed by atoms with E-state index in [2.05, 4.69) is 10.3 Å². The van der Waals surface area contributed by atoms with Crippen LogP contribution < -0.4 is 5.32 Å². The number of halogens is 4. The number of carbonyl (C=O) groups excluding carboxylic acids is 1. The van der Waals surface area contributed by atoms with Crippen LogP contribution in [0, 0.1) is 6.92 Å². The number of aromatic nitrogens is 1. The summed E-state index contributed by atoms with van der Waals surface area (Å²) in [4.78, 5) is 27.4. The molecule has 23 heavy (non-hydrogen) atoms. The first-order valence-electron chi connectivity index (χ1n) is 6.62. The van der Waals surface area contributed by atoms with E-state index in [4.69, 9.17) is 16.7 Å². The van der Waals surface area contributed by atoms with Crippen LogP contribution >= 0.6 is 11.6 Å². The lowest BCUT2D eigenvalue weighted by Crippen LogP contribution is -2.38. The third kappa shape index (κ3) is 3.84. The quantitative estimate of drug-likeness (QED) is 0.802. The Hall–Kier alpha value is -2.03. The third-order valence-electron chi connectivity index (χ3n) is 3.48. The summed E-state index contributed by atoms with van der Waals surface area (Å²) in [6.07, 6.45) is -5.33. The Morgan fingerprint density at radius 3 is 2.61 bits per heavy atom. The molecule has 1 aromatic heterocycles. The molecule has 2 heterocycles. The van der Waals surface area contributed by atoms with Gasteiger partial charge in [0.25, 0.3) is 5.91 Å². The molecule has 1 aromatic rings. The molecule has 1 fully saturated rings. The fraction of sp³-hybridized carbons (Fsp3) is 0.462. The van der Waals surface area contributed by atoms with Gasteiger partial charge in [0.2, 0.25) is 0 Å². The minimum atomic E-state index is -4.66. The van der Waals surface area contributed by atoms with E-state index in [0.717, 1.165) is 11.0 Å². The maximum atomic E-state index is 12.6. The monoisotopic (exact) mass is 351 g/mol. The van der Waals surface area contributed by atoms with Gasteiger partial charge in [0.1, 0.15) is 10.8 Å². The molecule has 0 radical (unpaired) electrons. The van der Waals surface area contributed by atoms with E-state index in [1.807, 2.05) is 0 Å². The molecule has 2 rings (SSSR count). The normalized spacial score (nSPS) is 18.1. The van der Waals surface area contributed by atoms with Gasteiger partial charge in [-0.3, -0.25) is 4.79 Å². The van der Waals surface area contributed by atoms with Crippen molar-refractivity contribution in [3.05, 3.63) is 28.0 Å². The maximum absolute atomic E-state index is 12.6. The molecular formula is C13H13ClF3N3O3. The SMILES string of the molecule is Cc1cc(C(F)(F)F)nc(Cl)c1C(=O)N[C@H]1CCN(C(=O)O)C1. The molecule has 0 saturated carbocycles. The highest BCUT2D eigenvalue weighted by atomic mass is 35.5. The molecule has 1 aliphatic heterocycles. The summed E-state index contributed by atoms with van der Waals surface area (Å²) < 4.78 is 37.9. The van der Waals surface area contributed by atoms with E-state index in [0.29, 0.717) is 6.42 Å². The lowest BCUT2D eigenvalue weighted by Gasteiger charge is -2.16. The fourth-order valence-corrected chi connectivity index (χ4v) is 2.69. The zero-order chi connectivity index (χ0) is 17.4. The van der Waals surface area contributed by atoms with Crippen LogP contribution in [0.2, 0.25) is 5.15 Å². The van der Waals surface area contributed by atoms with Gasteiger partial charge < -0.3 is 15.3 Å². The molecule has 0 spiro atoms. The Morgan fingerprint density at radius 1 is 1.48 bits per heavy atom. The summed E-state index contributed by atoms with van der Waals surface area (Å²) in [7, 11) is 0. The van der Waals surface area contributed by atoms with Gasteiger partial charge >= 0.3 is 12.3 Å². The maximum Gasteiger partial charge on any atom is 0.433 e. The lowest BCUT2D eigenvalue weighted by molar-refractivity contribution is -0.141. The molecule has 2 amide bonds. The predicted octanol–water partition coefficient (Wildman–Crippen LogP) is 2.54. The number of amides is 2. The number of hydrogen-bond donors (Lipinski definition) is 2. The van der Waals surface area contributed by atoms with Gasteiger partial charge in [-0.2, -0.15) is 13.2 Å². The molecular weight excluding hydrogens is 339 g/mol. The van der Waals surface area contributed by atoms with Crippen molar-refractivity contribution in [1.82, 2.24) is 15.2 Å². The summed E-state index contributed by atoms with van der Waals surface area (Å²) in [6.45, 7) is 1.72. The van der Waals surface area contributed by atoms with Gasteiger partial charge in [-0.05, 0) is 25.0 Å². The van der Waals surface area contributed by atoms with Gasteiger partial charge in [-0.25, -0.2) is 9.78 Å². The Morgan fingerprint density at radius 2 is 2.13 bits per heavy atom. The zero-order valence-electron chi connectivity index (χ0n) is 11.9. The number of pyridine rings is 1. The predicted molar refractivity (Wildman–Crippen MR) is 74.5 cm³/mol. The first kappa shape index (κ1) is 17.3. The number of rotatable bonds is 2. The van der Waals surface area contributed by atoms with Crippen LogP contribution in [0.25, 0.3) is 0 Å². The molecule has 6 nitrogen and oxygen atoms in total. The fourth-order valence-electron chi connectivity index (χ4n) is 2.36. The van der Waals surface area contributed by atoms with Crippen molar-refractivity contribution in [1.29, 1.82) is 0 Å². The number of hydrogen-bond acceptors (Lipinski definition) is 3. The van der Waals surface area contributed by atoms with Gasteiger partial charge in [-0.15, -0.1) is 0 Å². The third-order valence-corrected chi connectivity index (χ3v) is 3.76. The van der Waals surface area contributed by atoms with Gasteiger partial charge in [-0.1, -0.05) is 11.6 Å². The average molecular weight is 352 g/mol. The summed E-state index contributed by atoms with van der Waals surface area (Å²) in [5, 5.41) is 10.9. The topological polar surface area (TPSA) is 82.5 Å². The first-order valence-corrected chi connectivity index (χ1v) is 7.00. The van der Waals surface area contributed by atoms with Gasteiger partial charge in [0.15, 0.2) is 0 Å². The van der Waals surface area contributed by atoms with Crippen LogP contribution in [0.3, 0.4) is 0 Å². The van der Waals surface area contributed by atoms with E-state index < -0.39 is 35.1 Å². The molecule has 126 valence electrons. The van der Waals surface area contributed by atoms with Crippen molar-refractivity contribution in [3.8, 4) is 0 Å². The standard InChI is InChI=1S/C13H13ClF3N3O3/c1-6-4-8(13(15,16)17)19-10(14)9(6)11(21)18-7-2-3-20(5-7)12(22)23/h4,7H,2-3,5H2,1H3,(H,18,21)(H,22,23)/t7-/m0/s1. The molecule has 1 saturated heterocycles. The Balaban J connectivity index is 2.16. The molecule has 10 heteroatoms. The van der Waals surface area contributed by atoms with Crippen LogP contribution in [-0.4, -0.2) is 46.1 Å². The van der Waals surface area contributed by atoms with E-state index in [1.54, 1.807) is 0 Å². The second-order valence-electron chi connectivity index (χ2n) is 5.18. The summed E-state index contributed by atoms with van der Waals surface area (Å²) in [6, 6.07) is 0.329. The van der Waals surface area contributed by atoms with Crippen molar-refractivity contribution in [3.63, 3.8) is 0 Å². The molecule has 0 aromatic carbocycles. The van der Waals surface area contributed by atoms with Crippen molar-refractivity contribution < 1.29 is 27.9 Å². The van der Waals surface area contributed by atoms with Crippen LogP contribution in [-0.2, 0) is 6.18 Å². The van der Waals surface area contributed by atoms with Crippen molar-refractivity contribution in [2.24, 2.45) is 0 Å². The van der Waals surface area contributed by atoms with Crippen molar-refractivity contribution >= 4 is 23.6 Å². The Labute approximate surface area is 134 Å². The summed E-state index contributed by atoms with van der Waals surface area (Å²) >= 11 is 5.72. The number of carboxylic acid groups (broad SMARTS) is 1. The minimum Gasteiger partial charge on any atom is -0.465 e. The van der Waals surface area contributed by atoms with E-state index in [-0.39, 0.29) is 24.2 Å². The van der Waals surface area contributed by atoms with Crippen molar-refractivity contribution in [2.45, 2.75) is 25.6 Å². The van der Waals surface area contributed by atoms with Crippen LogP contribution in [0.1, 0.15) is 28.0 Å². The second kappa shape index (κ2) is 6.23. The van der Waals surface area contributed by atoms with Crippen molar-refractivity contribution in [2.75, 3.05) is 13.1 Å². The highest BCUT2D eigenvalue weighted by Crippen LogP contribution is 2.31. The number of alkyl halides is 3. The number of nitrogens with zero attached hydrogens (tertiary/aromatic N) is 2. The summed E-state index contributed by atoms with van der Waals surface area (Å²) in [5.41, 5.74) is -1.27. The van der Waals surface area contributed by atoms with E-state index in [1.165, 1.54) is 6.92 Å². The van der Waals surface area contributed by atoms with Crippen LogP contribution in [0.5, 0.6) is 0 Å². The highest BCUT2D eigenvalue weighted by molar-refractivity contribution is 6.32. The zero-order valence-corrected chi connectivity index (χ0v) is 12.7. The van der Waals surface area contributed by atoms with Gasteiger partial charge in [0.05, 0.1) is 5.56 Å². The molecule has 0 bridgehead atoms. The molecule has 1 aliphatic rings. The summed E-state index contributed by atoms with van der Waals surface area (Å²) in [5.74, 6) is -0.675. The minimum absolute atomic E-state index is 0.0444. The number of aryl methyl sites for hydroxylation is 1. The second-order valence-corrected chi connectivity index (χ2v) is 5.53. The van der Waals surface area contributed by atoms with Gasteiger partial charge in [0, 0.05) is 19.1 Å². The number of nitrogens with one attached hydrogen (secondary N) is 1. The van der Waals surface area contributed by atoms with Crippen LogP contribution in [0.15, 0.2) is 6.07 Å². The molecule has 0 aliphatic carbocycles. The molecule has 2 N–H and O–H groups in total. The molecule has 1 atom stereocenters. The largest absolute Gasteiger partial charge is 0.465 e. The Kier molecular flexibility index (Phi) is 4.69. The van der Waals surface area contributed by atoms with E-state index >= 15 is 0 Å². The Bertz CT molecular complexity index is 628. The first-order chi connectivity index (χ1) is 10.6. The smallest absolute Gasteiger partial charge is 0.433 e. The molecule has 0 unspecified atom stereocenters. The van der Waals surface area contributed by atoms with Crippen LogP contribution in [0.4, 0.5) is 18.0 Å².